The van der Waals surface area contributed by atoms with Gasteiger partial charge in [0.15, 0.2) is 0 Å². The molecule has 0 bridgehead atoms. The van der Waals surface area contributed by atoms with E-state index in [1.54, 1.807) is 12.3 Å². The Kier molecular flexibility index (Phi) is 6.68. The number of rotatable bonds is 7. The van der Waals surface area contributed by atoms with Crippen LogP contribution in [0.25, 0.3) is 10.8 Å². The number of anilines is 2. The van der Waals surface area contributed by atoms with E-state index >= 15 is 0 Å². The number of fused-ring (bicyclic) bond motifs is 1. The van der Waals surface area contributed by atoms with Crippen LogP contribution in [0.2, 0.25) is 0 Å². The Labute approximate surface area is 183 Å². The zero-order valence-corrected chi connectivity index (χ0v) is 18.3. The molecule has 4 rings (SSSR count). The molecule has 3 N–H and O–H groups in total. The number of pyridine rings is 1. The SMILES string of the molecule is CC(C)N1CCC(OCc2ccc(CNc3ccc4c(N)nccc4c3)c(F)c2)CC1. The van der Waals surface area contributed by atoms with E-state index < -0.39 is 0 Å². The van der Waals surface area contributed by atoms with Crippen molar-refractivity contribution in [2.75, 3.05) is 24.1 Å². The van der Waals surface area contributed by atoms with Crippen LogP contribution in [0.3, 0.4) is 0 Å². The molecular weight excluding hydrogens is 391 g/mol. The predicted octanol–water partition coefficient (Wildman–Crippen LogP) is 4.96. The third-order valence-electron chi connectivity index (χ3n) is 6.09. The van der Waals surface area contributed by atoms with E-state index in [1.807, 2.05) is 36.4 Å². The van der Waals surface area contributed by atoms with Gasteiger partial charge in [0.05, 0.1) is 12.7 Å². The van der Waals surface area contributed by atoms with Gasteiger partial charge in [0.25, 0.3) is 0 Å². The molecule has 1 aliphatic rings. The molecule has 2 aromatic carbocycles. The normalized spacial score (nSPS) is 15.6. The van der Waals surface area contributed by atoms with Gasteiger partial charge in [0.1, 0.15) is 11.6 Å². The fourth-order valence-electron chi connectivity index (χ4n) is 4.11. The zero-order valence-electron chi connectivity index (χ0n) is 18.3. The summed E-state index contributed by atoms with van der Waals surface area (Å²) in [7, 11) is 0. The molecule has 1 saturated heterocycles. The van der Waals surface area contributed by atoms with E-state index in [0.717, 1.165) is 48.0 Å². The van der Waals surface area contributed by atoms with E-state index in [2.05, 4.69) is 29.0 Å². The van der Waals surface area contributed by atoms with Crippen molar-refractivity contribution < 1.29 is 9.13 Å². The third kappa shape index (κ3) is 5.32. The lowest BCUT2D eigenvalue weighted by Crippen LogP contribution is -2.40. The lowest BCUT2D eigenvalue weighted by Gasteiger charge is -2.34. The number of nitrogen functional groups attached to an aromatic ring is 1. The van der Waals surface area contributed by atoms with E-state index in [0.29, 0.717) is 30.6 Å². The number of likely N-dealkylation sites (tertiary alicyclic amines) is 1. The number of ether oxygens (including phenoxy) is 1. The van der Waals surface area contributed by atoms with E-state index in [-0.39, 0.29) is 11.9 Å². The van der Waals surface area contributed by atoms with Crippen molar-refractivity contribution in [3.05, 3.63) is 65.6 Å². The molecule has 1 aromatic heterocycles. The van der Waals surface area contributed by atoms with Crippen molar-refractivity contribution >= 4 is 22.3 Å². The van der Waals surface area contributed by atoms with E-state index in [1.165, 1.54) is 0 Å². The van der Waals surface area contributed by atoms with Gasteiger partial charge in [-0.05, 0) is 68.0 Å². The summed E-state index contributed by atoms with van der Waals surface area (Å²) in [6.45, 7) is 7.46. The van der Waals surface area contributed by atoms with Crippen LogP contribution in [-0.2, 0) is 17.9 Å². The van der Waals surface area contributed by atoms with Crippen LogP contribution in [-0.4, -0.2) is 35.1 Å². The fraction of sp³-hybridized carbons (Fsp3) is 0.400. The van der Waals surface area contributed by atoms with Gasteiger partial charge >= 0.3 is 0 Å². The molecule has 6 heteroatoms. The number of nitrogens with two attached hydrogens (primary N) is 1. The summed E-state index contributed by atoms with van der Waals surface area (Å²) >= 11 is 0. The van der Waals surface area contributed by atoms with Crippen molar-refractivity contribution in [1.29, 1.82) is 0 Å². The second-order valence-electron chi connectivity index (χ2n) is 8.55. The highest BCUT2D eigenvalue weighted by Gasteiger charge is 2.21. The molecule has 3 aromatic rings. The Hall–Kier alpha value is -2.70. The van der Waals surface area contributed by atoms with Crippen LogP contribution >= 0.6 is 0 Å². The Balaban J connectivity index is 1.31. The summed E-state index contributed by atoms with van der Waals surface area (Å²) in [5.74, 6) is 0.302. The van der Waals surface area contributed by atoms with Gasteiger partial charge in [-0.2, -0.15) is 0 Å². The molecule has 1 aliphatic heterocycles. The number of hydrogen-bond donors (Lipinski definition) is 2. The van der Waals surface area contributed by atoms with Crippen molar-refractivity contribution in [2.24, 2.45) is 0 Å². The minimum absolute atomic E-state index is 0.211. The van der Waals surface area contributed by atoms with Gasteiger partial charge in [-0.15, -0.1) is 0 Å². The number of aromatic nitrogens is 1. The molecule has 31 heavy (non-hydrogen) atoms. The highest BCUT2D eigenvalue weighted by Crippen LogP contribution is 2.23. The van der Waals surface area contributed by atoms with Crippen molar-refractivity contribution in [3.63, 3.8) is 0 Å². The summed E-state index contributed by atoms with van der Waals surface area (Å²) in [6.07, 6.45) is 4.03. The number of nitrogens with one attached hydrogen (secondary N) is 1. The van der Waals surface area contributed by atoms with Gasteiger partial charge in [0, 0.05) is 48.5 Å². The van der Waals surface area contributed by atoms with Crippen molar-refractivity contribution in [3.8, 4) is 0 Å². The molecule has 0 atom stereocenters. The maximum Gasteiger partial charge on any atom is 0.131 e. The van der Waals surface area contributed by atoms with Gasteiger partial charge in [0.2, 0.25) is 0 Å². The molecule has 1 fully saturated rings. The molecule has 0 spiro atoms. The van der Waals surface area contributed by atoms with Crippen molar-refractivity contribution in [1.82, 2.24) is 9.88 Å². The number of hydrogen-bond acceptors (Lipinski definition) is 5. The first-order valence-electron chi connectivity index (χ1n) is 11.0. The summed E-state index contributed by atoms with van der Waals surface area (Å²) < 4.78 is 20.7. The first-order chi connectivity index (χ1) is 15.0. The van der Waals surface area contributed by atoms with Crippen LogP contribution in [0.1, 0.15) is 37.8 Å². The molecule has 5 nitrogen and oxygen atoms in total. The summed E-state index contributed by atoms with van der Waals surface area (Å²) in [5, 5.41) is 5.21. The fourth-order valence-corrected chi connectivity index (χ4v) is 4.11. The smallest absolute Gasteiger partial charge is 0.131 e. The molecule has 0 amide bonds. The number of benzene rings is 2. The Morgan fingerprint density at radius 1 is 1.16 bits per heavy atom. The van der Waals surface area contributed by atoms with Gasteiger partial charge in [-0.25, -0.2) is 9.37 Å². The molecule has 0 radical (unpaired) electrons. The van der Waals surface area contributed by atoms with Crippen LogP contribution in [0.4, 0.5) is 15.9 Å². The van der Waals surface area contributed by atoms with Crippen LogP contribution in [0.15, 0.2) is 48.7 Å². The van der Waals surface area contributed by atoms with E-state index in [9.17, 15) is 4.39 Å². The number of nitrogens with zero attached hydrogens (tertiary/aromatic N) is 2. The topological polar surface area (TPSA) is 63.4 Å². The highest BCUT2D eigenvalue weighted by molar-refractivity contribution is 5.92. The zero-order chi connectivity index (χ0) is 21.8. The number of halogens is 1. The maximum absolute atomic E-state index is 14.6. The standard InChI is InChI=1S/C25H31FN4O/c1-17(2)30-11-8-22(9-12-30)31-16-18-3-4-20(24(26)13-18)15-29-21-5-6-23-19(14-21)7-10-28-25(23)27/h3-7,10,13-14,17,22,29H,8-9,11-12,15-16H2,1-2H3,(H2,27,28). The van der Waals surface area contributed by atoms with Gasteiger partial charge in [-0.3, -0.25) is 0 Å². The quantitative estimate of drug-likeness (QED) is 0.564. The van der Waals surface area contributed by atoms with Crippen LogP contribution in [0.5, 0.6) is 0 Å². The maximum atomic E-state index is 14.6. The number of piperidine rings is 1. The Morgan fingerprint density at radius 2 is 1.97 bits per heavy atom. The molecular formula is C25H31FN4O. The lowest BCUT2D eigenvalue weighted by molar-refractivity contribution is -0.00810. The van der Waals surface area contributed by atoms with Gasteiger partial charge in [-0.1, -0.05) is 12.1 Å². The van der Waals surface area contributed by atoms with Gasteiger partial charge < -0.3 is 20.7 Å². The first-order valence-corrected chi connectivity index (χ1v) is 11.0. The second kappa shape index (κ2) is 9.62. The molecule has 164 valence electrons. The van der Waals surface area contributed by atoms with Crippen molar-refractivity contribution in [2.45, 2.75) is 52.0 Å². The monoisotopic (exact) mass is 422 g/mol. The summed E-state index contributed by atoms with van der Waals surface area (Å²) in [6, 6.07) is 13.7. The highest BCUT2D eigenvalue weighted by atomic mass is 19.1. The predicted molar refractivity (Wildman–Crippen MR) is 124 cm³/mol. The Bertz CT molecular complexity index is 1030. The largest absolute Gasteiger partial charge is 0.383 e. The minimum atomic E-state index is -0.211. The van der Waals surface area contributed by atoms with Crippen LogP contribution < -0.4 is 11.1 Å². The molecule has 2 heterocycles. The molecule has 0 saturated carbocycles. The van der Waals surface area contributed by atoms with Crippen LogP contribution in [0, 0.1) is 5.82 Å². The first kappa shape index (κ1) is 21.5. The lowest BCUT2D eigenvalue weighted by atomic mass is 10.1. The van der Waals surface area contributed by atoms with E-state index in [4.69, 9.17) is 10.5 Å². The summed E-state index contributed by atoms with van der Waals surface area (Å²) in [4.78, 5) is 6.58. The second-order valence-corrected chi connectivity index (χ2v) is 8.55. The average molecular weight is 423 g/mol. The third-order valence-corrected chi connectivity index (χ3v) is 6.09. The Morgan fingerprint density at radius 3 is 2.71 bits per heavy atom. The minimum Gasteiger partial charge on any atom is -0.383 e. The molecule has 0 unspecified atom stereocenters. The molecule has 0 aliphatic carbocycles. The summed E-state index contributed by atoms with van der Waals surface area (Å²) in [5.41, 5.74) is 8.32. The average Bonchev–Trinajstić information content (AvgIpc) is 2.77.